The molecule has 2 N–H and O–H groups in total. The first-order chi connectivity index (χ1) is 11.5. The van der Waals surface area contributed by atoms with Gasteiger partial charge in [0.15, 0.2) is 0 Å². The van der Waals surface area contributed by atoms with E-state index < -0.39 is 0 Å². The van der Waals surface area contributed by atoms with Crippen molar-refractivity contribution in [2.45, 2.75) is 18.9 Å². The number of amides is 2. The van der Waals surface area contributed by atoms with Crippen LogP contribution in [0.5, 0.6) is 0 Å². The normalized spacial score (nSPS) is 12.0. The quantitative estimate of drug-likeness (QED) is 0.807. The second kappa shape index (κ2) is 8.76. The lowest BCUT2D eigenvalue weighted by atomic mass is 9.96. The zero-order chi connectivity index (χ0) is 17.5. The number of carbonyl (C=O) groups excluding carboxylic acids is 1. The molecule has 0 aliphatic heterocycles. The lowest BCUT2D eigenvalue weighted by Gasteiger charge is -2.22. The van der Waals surface area contributed by atoms with Crippen molar-refractivity contribution in [3.63, 3.8) is 0 Å². The minimum absolute atomic E-state index is 0.0904. The van der Waals surface area contributed by atoms with Crippen LogP contribution in [-0.2, 0) is 13.6 Å². The number of halogens is 1. The molecular formula is C18H24ClN3O2. The lowest BCUT2D eigenvalue weighted by Crippen LogP contribution is -2.39. The number of hydrogen-bond donors (Lipinski definition) is 2. The third-order valence-electron chi connectivity index (χ3n) is 4.07. The van der Waals surface area contributed by atoms with E-state index in [-0.39, 0.29) is 18.6 Å². The summed E-state index contributed by atoms with van der Waals surface area (Å²) in [6.45, 7) is 1.06. The minimum atomic E-state index is -0.147. The van der Waals surface area contributed by atoms with E-state index >= 15 is 0 Å². The fourth-order valence-electron chi connectivity index (χ4n) is 2.65. The van der Waals surface area contributed by atoms with E-state index in [1.807, 2.05) is 54.2 Å². The van der Waals surface area contributed by atoms with Gasteiger partial charge in [-0.2, -0.15) is 0 Å². The molecular weight excluding hydrogens is 326 g/mol. The molecule has 1 aromatic carbocycles. The average Bonchev–Trinajstić information content (AvgIpc) is 2.89. The fourth-order valence-corrected chi connectivity index (χ4v) is 2.92. The number of carbonyl (C=O) groups is 1. The SMILES string of the molecule is CN(Cc1cc(Cl)cn1C)C(=O)NCC(CCO)c1ccccc1. The standard InChI is InChI=1S/C18H24ClN3O2/c1-21-12-16(19)10-17(21)13-22(2)18(24)20-11-15(8-9-23)14-6-4-3-5-7-14/h3-7,10,12,15,23H,8-9,11,13H2,1-2H3,(H,20,24). The lowest BCUT2D eigenvalue weighted by molar-refractivity contribution is 0.204. The van der Waals surface area contributed by atoms with Crippen LogP contribution in [0.4, 0.5) is 4.79 Å². The van der Waals surface area contributed by atoms with Gasteiger partial charge >= 0.3 is 6.03 Å². The third-order valence-corrected chi connectivity index (χ3v) is 4.28. The Hall–Kier alpha value is -1.98. The Balaban J connectivity index is 1.91. The number of aliphatic hydroxyl groups excluding tert-OH is 1. The van der Waals surface area contributed by atoms with E-state index in [2.05, 4.69) is 5.32 Å². The number of aliphatic hydroxyl groups is 1. The first-order valence-electron chi connectivity index (χ1n) is 7.96. The zero-order valence-electron chi connectivity index (χ0n) is 14.1. The summed E-state index contributed by atoms with van der Waals surface area (Å²) in [5.41, 5.74) is 2.08. The molecule has 0 spiro atoms. The number of nitrogens with zero attached hydrogens (tertiary/aromatic N) is 2. The Kier molecular flexibility index (Phi) is 6.70. The van der Waals surface area contributed by atoms with Gasteiger partial charge in [0.05, 0.1) is 11.6 Å². The monoisotopic (exact) mass is 349 g/mol. The van der Waals surface area contributed by atoms with Gasteiger partial charge in [-0.3, -0.25) is 0 Å². The van der Waals surface area contributed by atoms with Crippen molar-refractivity contribution < 1.29 is 9.90 Å². The fraction of sp³-hybridized carbons (Fsp3) is 0.389. The summed E-state index contributed by atoms with van der Waals surface area (Å²) in [5, 5.41) is 12.9. The van der Waals surface area contributed by atoms with Gasteiger partial charge in [0, 0.05) is 45.1 Å². The Labute approximate surface area is 147 Å². The van der Waals surface area contributed by atoms with E-state index in [9.17, 15) is 9.90 Å². The molecule has 1 atom stereocenters. The van der Waals surface area contributed by atoms with Crippen LogP contribution in [0, 0.1) is 0 Å². The molecule has 0 bridgehead atoms. The molecule has 0 saturated carbocycles. The number of hydrogen-bond acceptors (Lipinski definition) is 2. The predicted octanol–water partition coefficient (Wildman–Crippen LogP) is 2.99. The van der Waals surface area contributed by atoms with Gasteiger partial charge in [-0.05, 0) is 18.1 Å². The molecule has 0 saturated heterocycles. The molecule has 1 heterocycles. The molecule has 0 aliphatic carbocycles. The highest BCUT2D eigenvalue weighted by Crippen LogP contribution is 2.18. The highest BCUT2D eigenvalue weighted by molar-refractivity contribution is 6.30. The number of aryl methyl sites for hydroxylation is 1. The maximum absolute atomic E-state index is 12.3. The van der Waals surface area contributed by atoms with Crippen LogP contribution in [-0.4, -0.2) is 40.8 Å². The summed E-state index contributed by atoms with van der Waals surface area (Å²) < 4.78 is 1.91. The number of benzene rings is 1. The summed E-state index contributed by atoms with van der Waals surface area (Å²) in [7, 11) is 3.65. The summed E-state index contributed by atoms with van der Waals surface area (Å²) in [6, 6.07) is 11.6. The number of aromatic nitrogens is 1. The smallest absolute Gasteiger partial charge is 0.317 e. The van der Waals surface area contributed by atoms with Crippen molar-refractivity contribution in [1.82, 2.24) is 14.8 Å². The highest BCUT2D eigenvalue weighted by Gasteiger charge is 2.15. The molecule has 2 rings (SSSR count). The van der Waals surface area contributed by atoms with E-state index in [0.717, 1.165) is 11.3 Å². The van der Waals surface area contributed by atoms with E-state index in [1.165, 1.54) is 0 Å². The Bertz CT molecular complexity index is 658. The van der Waals surface area contributed by atoms with Crippen LogP contribution in [0.25, 0.3) is 0 Å². The van der Waals surface area contributed by atoms with Gasteiger partial charge in [0.1, 0.15) is 0 Å². The van der Waals surface area contributed by atoms with Crippen molar-refractivity contribution in [1.29, 1.82) is 0 Å². The molecule has 5 nitrogen and oxygen atoms in total. The van der Waals surface area contributed by atoms with Crippen LogP contribution in [0.3, 0.4) is 0 Å². The Morgan fingerprint density at radius 2 is 2.08 bits per heavy atom. The van der Waals surface area contributed by atoms with Crippen molar-refractivity contribution in [3.05, 3.63) is 58.9 Å². The van der Waals surface area contributed by atoms with Crippen molar-refractivity contribution in [2.75, 3.05) is 20.2 Å². The molecule has 130 valence electrons. The van der Waals surface area contributed by atoms with Crippen molar-refractivity contribution >= 4 is 17.6 Å². The van der Waals surface area contributed by atoms with Crippen LogP contribution in [0.15, 0.2) is 42.6 Å². The molecule has 0 radical (unpaired) electrons. The van der Waals surface area contributed by atoms with Gasteiger partial charge in [0.2, 0.25) is 0 Å². The maximum Gasteiger partial charge on any atom is 0.317 e. The average molecular weight is 350 g/mol. The van der Waals surface area contributed by atoms with Crippen LogP contribution >= 0.6 is 11.6 Å². The van der Waals surface area contributed by atoms with Crippen LogP contribution in [0.1, 0.15) is 23.6 Å². The van der Waals surface area contributed by atoms with Gasteiger partial charge in [-0.1, -0.05) is 41.9 Å². The van der Waals surface area contributed by atoms with Gasteiger partial charge < -0.3 is 19.9 Å². The van der Waals surface area contributed by atoms with Gasteiger partial charge in [-0.15, -0.1) is 0 Å². The maximum atomic E-state index is 12.3. The number of nitrogens with one attached hydrogen (secondary N) is 1. The molecule has 0 aliphatic rings. The third kappa shape index (κ3) is 5.01. The summed E-state index contributed by atoms with van der Waals surface area (Å²) in [5.74, 6) is 0.0954. The molecule has 2 aromatic rings. The van der Waals surface area contributed by atoms with Crippen LogP contribution in [0.2, 0.25) is 5.02 Å². The molecule has 1 unspecified atom stereocenters. The van der Waals surface area contributed by atoms with Crippen molar-refractivity contribution in [3.8, 4) is 0 Å². The van der Waals surface area contributed by atoms with E-state index in [4.69, 9.17) is 11.6 Å². The predicted molar refractivity (Wildman–Crippen MR) is 96.2 cm³/mol. The first-order valence-corrected chi connectivity index (χ1v) is 8.34. The highest BCUT2D eigenvalue weighted by atomic mass is 35.5. The second-order valence-corrected chi connectivity index (χ2v) is 6.36. The van der Waals surface area contributed by atoms with Crippen LogP contribution < -0.4 is 5.32 Å². The van der Waals surface area contributed by atoms with Gasteiger partial charge in [-0.25, -0.2) is 4.79 Å². The second-order valence-electron chi connectivity index (χ2n) is 5.92. The van der Waals surface area contributed by atoms with E-state index in [0.29, 0.717) is 24.5 Å². The zero-order valence-corrected chi connectivity index (χ0v) is 14.8. The summed E-state index contributed by atoms with van der Waals surface area (Å²) >= 11 is 5.97. The molecule has 6 heteroatoms. The number of urea groups is 1. The Morgan fingerprint density at radius 1 is 1.38 bits per heavy atom. The number of rotatable bonds is 7. The minimum Gasteiger partial charge on any atom is -0.396 e. The largest absolute Gasteiger partial charge is 0.396 e. The molecule has 0 fully saturated rings. The molecule has 24 heavy (non-hydrogen) atoms. The summed E-state index contributed by atoms with van der Waals surface area (Å²) in [6.07, 6.45) is 2.43. The topological polar surface area (TPSA) is 57.5 Å². The first kappa shape index (κ1) is 18.4. The van der Waals surface area contributed by atoms with Gasteiger partial charge in [0.25, 0.3) is 0 Å². The Morgan fingerprint density at radius 3 is 2.67 bits per heavy atom. The van der Waals surface area contributed by atoms with E-state index in [1.54, 1.807) is 11.9 Å². The van der Waals surface area contributed by atoms with Crippen molar-refractivity contribution in [2.24, 2.45) is 7.05 Å². The summed E-state index contributed by atoms with van der Waals surface area (Å²) in [4.78, 5) is 13.9. The molecule has 2 amide bonds. The molecule has 1 aromatic heterocycles.